The van der Waals surface area contributed by atoms with Crippen molar-refractivity contribution in [3.05, 3.63) is 47.5 Å². The van der Waals surface area contributed by atoms with Crippen molar-refractivity contribution < 1.29 is 24.4 Å². The van der Waals surface area contributed by atoms with Crippen molar-refractivity contribution in [3.63, 3.8) is 0 Å². The van der Waals surface area contributed by atoms with E-state index in [0.717, 1.165) is 49.7 Å². The summed E-state index contributed by atoms with van der Waals surface area (Å²) >= 11 is 0. The van der Waals surface area contributed by atoms with Crippen LogP contribution >= 0.6 is 0 Å². The van der Waals surface area contributed by atoms with Gasteiger partial charge in [-0.1, -0.05) is 58.3 Å². The van der Waals surface area contributed by atoms with Gasteiger partial charge in [-0.25, -0.2) is 0 Å². The number of rotatable bonds is 15. The fourth-order valence-electron chi connectivity index (χ4n) is 3.07. The highest BCUT2D eigenvalue weighted by atomic mass is 16.5. The molecule has 0 aromatic heterocycles. The van der Waals surface area contributed by atoms with Crippen molar-refractivity contribution in [2.24, 2.45) is 0 Å². The molecule has 0 aliphatic carbocycles. The molecule has 176 valence electrons. The van der Waals surface area contributed by atoms with Gasteiger partial charge in [-0.3, -0.25) is 0 Å². The Morgan fingerprint density at radius 1 is 0.719 bits per heavy atom. The Bertz CT molecular complexity index is 844. The molecule has 32 heavy (non-hydrogen) atoms. The lowest BCUT2D eigenvalue weighted by molar-refractivity contribution is 0.289. The molecule has 2 N–H and O–H groups in total. The number of hydrogen-bond acceptors (Lipinski definition) is 5. The number of unbranched alkanes of at least 4 members (excludes halogenated alkanes) is 3. The SMILES string of the molecule is CCCCOc1cc(O)c(C/C=C/c2ccc(O)c(OCCCC)c2)c(OCCCC)c1. The molecular weight excluding hydrogens is 404 g/mol. The van der Waals surface area contributed by atoms with Gasteiger partial charge in [0.15, 0.2) is 11.5 Å². The first-order valence-corrected chi connectivity index (χ1v) is 11.8. The molecule has 0 atom stereocenters. The highest BCUT2D eigenvalue weighted by Crippen LogP contribution is 2.35. The summed E-state index contributed by atoms with van der Waals surface area (Å²) in [6.45, 7) is 8.13. The normalized spacial score (nSPS) is 11.1. The van der Waals surface area contributed by atoms with Gasteiger partial charge in [-0.15, -0.1) is 0 Å². The van der Waals surface area contributed by atoms with E-state index in [1.807, 2.05) is 30.4 Å². The fraction of sp³-hybridized carbons (Fsp3) is 0.481. The first kappa shape index (κ1) is 25.4. The van der Waals surface area contributed by atoms with E-state index >= 15 is 0 Å². The molecule has 2 aromatic rings. The number of phenols is 2. The molecule has 2 rings (SSSR count). The van der Waals surface area contributed by atoms with Gasteiger partial charge in [-0.2, -0.15) is 0 Å². The minimum Gasteiger partial charge on any atom is -0.507 e. The molecule has 0 aliphatic heterocycles. The highest BCUT2D eigenvalue weighted by Gasteiger charge is 2.12. The predicted molar refractivity (Wildman–Crippen MR) is 130 cm³/mol. The average molecular weight is 443 g/mol. The molecule has 5 nitrogen and oxygen atoms in total. The Morgan fingerprint density at radius 2 is 1.34 bits per heavy atom. The van der Waals surface area contributed by atoms with E-state index in [0.29, 0.717) is 43.5 Å². The van der Waals surface area contributed by atoms with Crippen LogP contribution in [0.2, 0.25) is 0 Å². The number of allylic oxidation sites excluding steroid dienone is 1. The Kier molecular flexibility index (Phi) is 11.4. The lowest BCUT2D eigenvalue weighted by Gasteiger charge is -2.15. The number of benzene rings is 2. The van der Waals surface area contributed by atoms with Crippen molar-refractivity contribution >= 4 is 6.08 Å². The Balaban J connectivity index is 2.14. The van der Waals surface area contributed by atoms with Gasteiger partial charge in [0, 0.05) is 17.7 Å². The molecule has 5 heteroatoms. The maximum Gasteiger partial charge on any atom is 0.161 e. The first-order chi connectivity index (χ1) is 15.6. The van der Waals surface area contributed by atoms with Crippen molar-refractivity contribution in [2.75, 3.05) is 19.8 Å². The molecule has 0 aliphatic rings. The zero-order valence-corrected chi connectivity index (χ0v) is 19.7. The van der Waals surface area contributed by atoms with Gasteiger partial charge in [0.25, 0.3) is 0 Å². The third kappa shape index (κ3) is 8.37. The molecule has 0 saturated heterocycles. The summed E-state index contributed by atoms with van der Waals surface area (Å²) < 4.78 is 17.4. The molecule has 0 radical (unpaired) electrons. The first-order valence-electron chi connectivity index (χ1n) is 11.8. The third-order valence-corrected chi connectivity index (χ3v) is 5.05. The van der Waals surface area contributed by atoms with E-state index in [9.17, 15) is 10.2 Å². The summed E-state index contributed by atoms with van der Waals surface area (Å²) in [5.41, 5.74) is 1.65. The van der Waals surface area contributed by atoms with Gasteiger partial charge in [0.05, 0.1) is 19.8 Å². The van der Waals surface area contributed by atoms with Crippen LogP contribution in [0.1, 0.15) is 70.4 Å². The van der Waals surface area contributed by atoms with Gasteiger partial charge >= 0.3 is 0 Å². The molecule has 0 bridgehead atoms. The van der Waals surface area contributed by atoms with Crippen LogP contribution in [0.4, 0.5) is 0 Å². The van der Waals surface area contributed by atoms with E-state index < -0.39 is 0 Å². The predicted octanol–water partition coefficient (Wildman–Crippen LogP) is 6.89. The van der Waals surface area contributed by atoms with E-state index in [4.69, 9.17) is 14.2 Å². The second-order valence-electron chi connectivity index (χ2n) is 7.86. The van der Waals surface area contributed by atoms with E-state index in [-0.39, 0.29) is 11.5 Å². The van der Waals surface area contributed by atoms with Crippen molar-refractivity contribution in [3.8, 4) is 28.7 Å². The largest absolute Gasteiger partial charge is 0.507 e. The summed E-state index contributed by atoms with van der Waals surface area (Å²) in [4.78, 5) is 0. The summed E-state index contributed by atoms with van der Waals surface area (Å²) in [5.74, 6) is 2.08. The maximum absolute atomic E-state index is 10.6. The lowest BCUT2D eigenvalue weighted by atomic mass is 10.1. The van der Waals surface area contributed by atoms with Crippen LogP contribution in [-0.4, -0.2) is 30.0 Å². The van der Waals surface area contributed by atoms with Crippen molar-refractivity contribution in [1.82, 2.24) is 0 Å². The molecule has 0 saturated carbocycles. The van der Waals surface area contributed by atoms with Crippen LogP contribution in [0, 0.1) is 0 Å². The van der Waals surface area contributed by atoms with E-state index in [1.54, 1.807) is 12.1 Å². The summed E-state index contributed by atoms with van der Waals surface area (Å²) in [7, 11) is 0. The quantitative estimate of drug-likeness (QED) is 0.294. The zero-order chi connectivity index (χ0) is 23.2. The average Bonchev–Trinajstić information content (AvgIpc) is 2.78. The van der Waals surface area contributed by atoms with Crippen LogP contribution in [0.25, 0.3) is 6.08 Å². The van der Waals surface area contributed by atoms with Crippen LogP contribution in [0.3, 0.4) is 0 Å². The minimum absolute atomic E-state index is 0.140. The molecule has 0 amide bonds. The second-order valence-corrected chi connectivity index (χ2v) is 7.86. The van der Waals surface area contributed by atoms with Gasteiger partial charge in [0.1, 0.15) is 17.2 Å². The molecule has 0 heterocycles. The monoisotopic (exact) mass is 442 g/mol. The molecule has 2 aromatic carbocycles. The Morgan fingerprint density at radius 3 is 2.00 bits per heavy atom. The number of ether oxygens (including phenoxy) is 3. The zero-order valence-electron chi connectivity index (χ0n) is 19.7. The smallest absolute Gasteiger partial charge is 0.161 e. The minimum atomic E-state index is 0.140. The fourth-order valence-corrected chi connectivity index (χ4v) is 3.07. The summed E-state index contributed by atoms with van der Waals surface area (Å²) in [5, 5.41) is 20.6. The Labute approximate surface area is 192 Å². The van der Waals surface area contributed by atoms with Crippen LogP contribution in [0.15, 0.2) is 36.4 Å². The topological polar surface area (TPSA) is 68.2 Å². The van der Waals surface area contributed by atoms with Gasteiger partial charge in [-0.05, 0) is 43.4 Å². The lowest BCUT2D eigenvalue weighted by Crippen LogP contribution is -2.02. The van der Waals surface area contributed by atoms with Gasteiger partial charge < -0.3 is 24.4 Å². The number of phenolic OH excluding ortho intramolecular Hbond substituents is 2. The van der Waals surface area contributed by atoms with Gasteiger partial charge in [0.2, 0.25) is 0 Å². The van der Waals surface area contributed by atoms with Crippen LogP contribution in [0.5, 0.6) is 28.7 Å². The van der Waals surface area contributed by atoms with E-state index in [1.165, 1.54) is 0 Å². The molecular formula is C27H38O5. The molecule has 0 fully saturated rings. The standard InChI is InChI=1S/C27H38O5/c1-4-7-15-30-22-19-25(29)23(26(20-22)31-16-8-5-2)12-10-11-21-13-14-24(28)27(18-21)32-17-9-6-3/h10-11,13-14,18-20,28-29H,4-9,12,15-17H2,1-3H3/b11-10+. The second kappa shape index (κ2) is 14.3. The summed E-state index contributed by atoms with van der Waals surface area (Å²) in [6.07, 6.45) is 10.4. The van der Waals surface area contributed by atoms with E-state index in [2.05, 4.69) is 20.8 Å². The van der Waals surface area contributed by atoms with Crippen molar-refractivity contribution in [1.29, 1.82) is 0 Å². The molecule has 0 unspecified atom stereocenters. The number of hydrogen-bond donors (Lipinski definition) is 2. The summed E-state index contributed by atoms with van der Waals surface area (Å²) in [6, 6.07) is 8.83. The third-order valence-electron chi connectivity index (χ3n) is 5.05. The van der Waals surface area contributed by atoms with Crippen LogP contribution < -0.4 is 14.2 Å². The maximum atomic E-state index is 10.6. The van der Waals surface area contributed by atoms with Crippen molar-refractivity contribution in [2.45, 2.75) is 65.7 Å². The molecule has 0 spiro atoms. The van der Waals surface area contributed by atoms with Crippen LogP contribution in [-0.2, 0) is 6.42 Å². The number of aromatic hydroxyl groups is 2. The Hall–Kier alpha value is -2.82. The highest BCUT2D eigenvalue weighted by molar-refractivity contribution is 5.57.